The molecule has 0 spiro atoms. The Kier molecular flexibility index (Phi) is 4.10. The predicted molar refractivity (Wildman–Crippen MR) is 72.0 cm³/mol. The second kappa shape index (κ2) is 5.61. The second-order valence-electron chi connectivity index (χ2n) is 4.95. The Bertz CT molecular complexity index is 497. The molecular weight excluding hydrogens is 266 g/mol. The van der Waals surface area contributed by atoms with Crippen molar-refractivity contribution >= 4 is 23.5 Å². The summed E-state index contributed by atoms with van der Waals surface area (Å²) < 4.78 is 0. The van der Waals surface area contributed by atoms with Crippen molar-refractivity contribution in [1.29, 1.82) is 0 Å². The van der Waals surface area contributed by atoms with Crippen molar-refractivity contribution in [2.45, 2.75) is 13.3 Å². The van der Waals surface area contributed by atoms with Gasteiger partial charge in [-0.25, -0.2) is 0 Å². The van der Waals surface area contributed by atoms with E-state index in [4.69, 9.17) is 16.7 Å². The number of likely N-dealkylation sites (tertiary alicyclic amines) is 1. The number of rotatable bonds is 4. The van der Waals surface area contributed by atoms with Gasteiger partial charge in [0.2, 0.25) is 5.91 Å². The first-order chi connectivity index (χ1) is 8.99. The normalized spacial score (nSPS) is 16.8. The molecule has 1 saturated heterocycles. The summed E-state index contributed by atoms with van der Waals surface area (Å²) in [6.45, 7) is 2.73. The number of aliphatic carboxylic acids is 1. The van der Waals surface area contributed by atoms with Crippen molar-refractivity contribution in [2.24, 2.45) is 11.8 Å². The van der Waals surface area contributed by atoms with Crippen molar-refractivity contribution in [3.8, 4) is 0 Å². The zero-order valence-electron chi connectivity index (χ0n) is 10.7. The molecule has 1 aromatic carbocycles. The molecule has 0 bridgehead atoms. The number of carbonyl (C=O) groups excluding carboxylic acids is 1. The van der Waals surface area contributed by atoms with Gasteiger partial charge in [-0.15, -0.1) is 0 Å². The monoisotopic (exact) mass is 281 g/mol. The van der Waals surface area contributed by atoms with Crippen LogP contribution < -0.4 is 0 Å². The Balaban J connectivity index is 1.87. The van der Waals surface area contributed by atoms with Crippen LogP contribution in [0.2, 0.25) is 5.02 Å². The highest BCUT2D eigenvalue weighted by Crippen LogP contribution is 2.25. The van der Waals surface area contributed by atoms with E-state index < -0.39 is 11.9 Å². The molecular formula is C14H16ClNO3. The fraction of sp³-hybridized carbons (Fsp3) is 0.429. The minimum atomic E-state index is -0.803. The third-order valence-electron chi connectivity index (χ3n) is 3.66. The summed E-state index contributed by atoms with van der Waals surface area (Å²) in [5.74, 6) is -1.14. The first-order valence-corrected chi connectivity index (χ1v) is 6.61. The second-order valence-corrected chi connectivity index (χ2v) is 5.36. The van der Waals surface area contributed by atoms with Crippen molar-refractivity contribution in [3.05, 3.63) is 34.9 Å². The summed E-state index contributed by atoms with van der Waals surface area (Å²) in [5, 5.41) is 9.48. The van der Waals surface area contributed by atoms with Gasteiger partial charge in [-0.2, -0.15) is 0 Å². The maximum Gasteiger partial charge on any atom is 0.306 e. The molecule has 0 aliphatic carbocycles. The number of carboxylic acids is 1. The average molecular weight is 282 g/mol. The Morgan fingerprint density at radius 1 is 1.42 bits per heavy atom. The smallest absolute Gasteiger partial charge is 0.306 e. The minimum Gasteiger partial charge on any atom is -0.481 e. The summed E-state index contributed by atoms with van der Waals surface area (Å²) in [6, 6.07) is 7.26. The lowest BCUT2D eigenvalue weighted by molar-refractivity contribution is -0.150. The van der Waals surface area contributed by atoms with Crippen molar-refractivity contribution in [2.75, 3.05) is 13.1 Å². The molecule has 2 rings (SSSR count). The standard InChI is InChI=1S/C14H16ClNO3/c1-9(14(18)19)11-7-16(8-11)13(17)6-10-4-2-3-5-12(10)15/h2-5,9,11H,6-8H2,1H3,(H,18,19). The Hall–Kier alpha value is -1.55. The van der Waals surface area contributed by atoms with Gasteiger partial charge in [0.25, 0.3) is 0 Å². The molecule has 0 radical (unpaired) electrons. The summed E-state index contributed by atoms with van der Waals surface area (Å²) in [6.07, 6.45) is 0.272. The van der Waals surface area contributed by atoms with Crippen LogP contribution in [0.3, 0.4) is 0 Å². The molecule has 1 N–H and O–H groups in total. The highest BCUT2D eigenvalue weighted by molar-refractivity contribution is 6.31. The number of amides is 1. The molecule has 1 aromatic rings. The summed E-state index contributed by atoms with van der Waals surface area (Å²) >= 11 is 6.01. The number of carboxylic acid groups (broad SMARTS) is 1. The van der Waals surface area contributed by atoms with Crippen LogP contribution in [0.15, 0.2) is 24.3 Å². The van der Waals surface area contributed by atoms with E-state index in [2.05, 4.69) is 0 Å². The zero-order chi connectivity index (χ0) is 14.0. The maximum atomic E-state index is 12.0. The maximum absolute atomic E-state index is 12.0. The van der Waals surface area contributed by atoms with E-state index in [0.29, 0.717) is 18.1 Å². The molecule has 1 fully saturated rings. The number of carbonyl (C=O) groups is 2. The lowest BCUT2D eigenvalue weighted by atomic mass is 9.87. The SMILES string of the molecule is CC(C(=O)O)C1CN(C(=O)Cc2ccccc2Cl)C1. The summed E-state index contributed by atoms with van der Waals surface area (Å²) in [4.78, 5) is 24.5. The predicted octanol–water partition coefficient (Wildman–Crippen LogP) is 2.06. The number of hydrogen-bond donors (Lipinski definition) is 1. The molecule has 102 valence electrons. The van der Waals surface area contributed by atoms with E-state index in [-0.39, 0.29) is 18.2 Å². The van der Waals surface area contributed by atoms with Gasteiger partial charge in [-0.05, 0) is 11.6 Å². The average Bonchev–Trinajstić information content (AvgIpc) is 2.30. The third-order valence-corrected chi connectivity index (χ3v) is 4.03. The fourth-order valence-corrected chi connectivity index (χ4v) is 2.35. The third kappa shape index (κ3) is 3.07. The molecule has 1 aliphatic rings. The zero-order valence-corrected chi connectivity index (χ0v) is 11.4. The lowest BCUT2D eigenvalue weighted by Crippen LogP contribution is -2.53. The topological polar surface area (TPSA) is 57.6 Å². The molecule has 4 nitrogen and oxygen atoms in total. The van der Waals surface area contributed by atoms with Gasteiger partial charge < -0.3 is 10.0 Å². The van der Waals surface area contributed by atoms with Crippen LogP contribution in [-0.2, 0) is 16.0 Å². The molecule has 1 unspecified atom stereocenters. The molecule has 1 heterocycles. The molecule has 1 amide bonds. The van der Waals surface area contributed by atoms with E-state index in [9.17, 15) is 9.59 Å². The van der Waals surface area contributed by atoms with Gasteiger partial charge in [0.15, 0.2) is 0 Å². The molecule has 5 heteroatoms. The van der Waals surface area contributed by atoms with Gasteiger partial charge in [0.1, 0.15) is 0 Å². The van der Waals surface area contributed by atoms with Crippen LogP contribution in [-0.4, -0.2) is 35.0 Å². The Labute approximate surface area is 117 Å². The Morgan fingerprint density at radius 3 is 2.63 bits per heavy atom. The van der Waals surface area contributed by atoms with Gasteiger partial charge in [-0.1, -0.05) is 36.7 Å². The van der Waals surface area contributed by atoms with Gasteiger partial charge in [-0.3, -0.25) is 9.59 Å². The van der Waals surface area contributed by atoms with Crippen LogP contribution >= 0.6 is 11.6 Å². The van der Waals surface area contributed by atoms with Crippen LogP contribution in [0, 0.1) is 11.8 Å². The van der Waals surface area contributed by atoms with Crippen LogP contribution in [0.25, 0.3) is 0 Å². The van der Waals surface area contributed by atoms with Crippen LogP contribution in [0.5, 0.6) is 0 Å². The number of nitrogens with zero attached hydrogens (tertiary/aromatic N) is 1. The van der Waals surface area contributed by atoms with E-state index in [1.807, 2.05) is 18.2 Å². The van der Waals surface area contributed by atoms with Gasteiger partial charge in [0, 0.05) is 24.0 Å². The van der Waals surface area contributed by atoms with Crippen molar-refractivity contribution < 1.29 is 14.7 Å². The van der Waals surface area contributed by atoms with Crippen LogP contribution in [0.4, 0.5) is 0 Å². The van der Waals surface area contributed by atoms with Crippen molar-refractivity contribution in [1.82, 2.24) is 4.90 Å². The van der Waals surface area contributed by atoms with Crippen molar-refractivity contribution in [3.63, 3.8) is 0 Å². The highest BCUT2D eigenvalue weighted by Gasteiger charge is 2.36. The fourth-order valence-electron chi connectivity index (χ4n) is 2.15. The van der Waals surface area contributed by atoms with E-state index >= 15 is 0 Å². The molecule has 1 atom stereocenters. The Morgan fingerprint density at radius 2 is 2.05 bits per heavy atom. The molecule has 1 aliphatic heterocycles. The van der Waals surface area contributed by atoms with Gasteiger partial charge >= 0.3 is 5.97 Å². The first-order valence-electron chi connectivity index (χ1n) is 6.23. The van der Waals surface area contributed by atoms with Gasteiger partial charge in [0.05, 0.1) is 12.3 Å². The number of hydrogen-bond acceptors (Lipinski definition) is 2. The molecule has 19 heavy (non-hydrogen) atoms. The number of benzene rings is 1. The first kappa shape index (κ1) is 13.9. The molecule has 0 aromatic heterocycles. The summed E-state index contributed by atoms with van der Waals surface area (Å²) in [7, 11) is 0. The molecule has 0 saturated carbocycles. The highest BCUT2D eigenvalue weighted by atomic mass is 35.5. The minimum absolute atomic E-state index is 0.00180. The van der Waals surface area contributed by atoms with E-state index in [1.54, 1.807) is 17.9 Å². The summed E-state index contributed by atoms with van der Waals surface area (Å²) in [5.41, 5.74) is 0.809. The van der Waals surface area contributed by atoms with Crippen LogP contribution in [0.1, 0.15) is 12.5 Å². The quantitative estimate of drug-likeness (QED) is 0.919. The largest absolute Gasteiger partial charge is 0.481 e. The van der Waals surface area contributed by atoms with E-state index in [1.165, 1.54) is 0 Å². The number of halogens is 1. The lowest BCUT2D eigenvalue weighted by Gasteiger charge is -2.41. The van der Waals surface area contributed by atoms with E-state index in [0.717, 1.165) is 5.56 Å².